The van der Waals surface area contributed by atoms with Crippen molar-refractivity contribution >= 4 is 11.8 Å². The number of nitrogens with zero attached hydrogens (tertiary/aromatic N) is 1. The Labute approximate surface area is 242 Å². The highest BCUT2D eigenvalue weighted by molar-refractivity contribution is 6.01. The Hall–Kier alpha value is -4.60. The molecule has 1 aliphatic rings. The lowest BCUT2D eigenvalue weighted by Gasteiger charge is -2.31. The molecule has 4 aromatic rings. The number of nitrogens with one attached hydrogen (secondary N) is 2. The second-order valence-electron chi connectivity index (χ2n) is 9.95. The van der Waals surface area contributed by atoms with Crippen molar-refractivity contribution in [1.82, 2.24) is 10.9 Å². The molecule has 5 rings (SSSR count). The minimum absolute atomic E-state index is 0.00693. The first-order valence-corrected chi connectivity index (χ1v) is 13.6. The number of amides is 1. The van der Waals surface area contributed by atoms with E-state index in [1.54, 1.807) is 12.1 Å². The second-order valence-corrected chi connectivity index (χ2v) is 9.95. The molecule has 3 N–H and O–H groups in total. The fraction of sp³-hybridized carbons (Fsp3) is 0.212. The SMILES string of the molecule is O=C(NNCc1cc(F)cc(F)c1)[C@@]1(Cc2ccccc2)N=C(c2ccc(OCCCO)cc2)O[C@H]1c1ccccc1. The van der Waals surface area contributed by atoms with Crippen molar-refractivity contribution in [2.75, 3.05) is 13.2 Å². The number of ether oxygens (including phenoxy) is 2. The van der Waals surface area contributed by atoms with Crippen molar-refractivity contribution in [3.63, 3.8) is 0 Å². The molecule has 2 atom stereocenters. The average molecular weight is 572 g/mol. The standard InChI is InChI=1S/C33H31F2N3O4/c34-27-18-24(19-28(35)20-27)22-36-38-32(40)33(21-23-8-3-1-4-9-23)30(25-10-5-2-6-11-25)42-31(37-33)26-12-14-29(15-13-26)41-17-7-16-39/h1-6,8-15,18-20,30,36,39H,7,16-17,21-22H2,(H,38,40)/t30-,33-/m0/s1. The van der Waals surface area contributed by atoms with Gasteiger partial charge in [0.2, 0.25) is 5.90 Å². The maximum Gasteiger partial charge on any atom is 0.266 e. The number of carbonyl (C=O) groups is 1. The van der Waals surface area contributed by atoms with Gasteiger partial charge >= 0.3 is 0 Å². The van der Waals surface area contributed by atoms with Gasteiger partial charge in [-0.2, -0.15) is 0 Å². The third-order valence-electron chi connectivity index (χ3n) is 6.87. The van der Waals surface area contributed by atoms with E-state index >= 15 is 0 Å². The lowest BCUT2D eigenvalue weighted by molar-refractivity contribution is -0.130. The van der Waals surface area contributed by atoms with E-state index in [0.29, 0.717) is 35.8 Å². The minimum atomic E-state index is -1.42. The molecule has 0 saturated heterocycles. The Kier molecular flexibility index (Phi) is 9.21. The number of aliphatic hydroxyl groups is 1. The van der Waals surface area contributed by atoms with Crippen LogP contribution in [0.4, 0.5) is 8.78 Å². The first-order valence-electron chi connectivity index (χ1n) is 13.6. The molecule has 0 spiro atoms. The molecule has 1 heterocycles. The molecule has 0 aromatic heterocycles. The van der Waals surface area contributed by atoms with Gasteiger partial charge in [0.1, 0.15) is 17.4 Å². The fourth-order valence-corrected chi connectivity index (χ4v) is 4.86. The van der Waals surface area contributed by atoms with E-state index in [1.165, 1.54) is 12.1 Å². The van der Waals surface area contributed by atoms with Gasteiger partial charge in [0.05, 0.1) is 6.61 Å². The van der Waals surface area contributed by atoms with Crippen molar-refractivity contribution in [2.24, 2.45) is 4.99 Å². The monoisotopic (exact) mass is 571 g/mol. The van der Waals surface area contributed by atoms with E-state index in [2.05, 4.69) is 10.9 Å². The van der Waals surface area contributed by atoms with Crippen molar-refractivity contribution < 1.29 is 28.2 Å². The predicted molar refractivity (Wildman–Crippen MR) is 155 cm³/mol. The van der Waals surface area contributed by atoms with E-state index in [1.807, 2.05) is 72.8 Å². The van der Waals surface area contributed by atoms with Crippen LogP contribution >= 0.6 is 0 Å². The average Bonchev–Trinajstić information content (AvgIpc) is 3.38. The van der Waals surface area contributed by atoms with Crippen LogP contribution in [0.3, 0.4) is 0 Å². The predicted octanol–water partition coefficient (Wildman–Crippen LogP) is 5.05. The number of aliphatic imine (C=N–C) groups is 1. The molecule has 0 fully saturated rings. The normalized spacial score (nSPS) is 17.8. The van der Waals surface area contributed by atoms with Crippen molar-refractivity contribution in [2.45, 2.75) is 31.0 Å². The summed E-state index contributed by atoms with van der Waals surface area (Å²) < 4.78 is 39.5. The van der Waals surface area contributed by atoms with Crippen molar-refractivity contribution in [1.29, 1.82) is 0 Å². The van der Waals surface area contributed by atoms with Gasteiger partial charge in [-0.1, -0.05) is 60.7 Å². The first kappa shape index (κ1) is 28.9. The van der Waals surface area contributed by atoms with E-state index in [-0.39, 0.29) is 19.6 Å². The highest BCUT2D eigenvalue weighted by Gasteiger charge is 2.53. The van der Waals surface area contributed by atoms with Crippen molar-refractivity contribution in [3.8, 4) is 5.75 Å². The zero-order chi connectivity index (χ0) is 29.4. The lowest BCUT2D eigenvalue weighted by Crippen LogP contribution is -2.53. The summed E-state index contributed by atoms with van der Waals surface area (Å²) in [5.41, 5.74) is 6.74. The zero-order valence-electron chi connectivity index (χ0n) is 22.8. The summed E-state index contributed by atoms with van der Waals surface area (Å²) in [6.07, 6.45) is -0.0282. The van der Waals surface area contributed by atoms with Crippen LogP contribution < -0.4 is 15.6 Å². The number of benzene rings is 4. The van der Waals surface area contributed by atoms with Crippen LogP contribution in [0.5, 0.6) is 5.75 Å². The van der Waals surface area contributed by atoms with E-state index < -0.39 is 29.2 Å². The molecule has 42 heavy (non-hydrogen) atoms. The Morgan fingerprint density at radius 1 is 0.905 bits per heavy atom. The van der Waals surface area contributed by atoms with Gasteiger partial charge in [-0.25, -0.2) is 19.2 Å². The summed E-state index contributed by atoms with van der Waals surface area (Å²) in [5.74, 6) is -0.936. The van der Waals surface area contributed by atoms with Gasteiger partial charge in [0.15, 0.2) is 11.6 Å². The number of hydrogen-bond acceptors (Lipinski definition) is 6. The molecule has 0 saturated carbocycles. The van der Waals surface area contributed by atoms with Gasteiger partial charge in [0, 0.05) is 37.6 Å². The van der Waals surface area contributed by atoms with Gasteiger partial charge in [-0.05, 0) is 53.1 Å². The first-order chi connectivity index (χ1) is 20.5. The molecule has 0 bridgehead atoms. The molecule has 0 aliphatic carbocycles. The molecule has 0 unspecified atom stereocenters. The number of hydrazine groups is 1. The molecular formula is C33H31F2N3O4. The second kappa shape index (κ2) is 13.4. The third-order valence-corrected chi connectivity index (χ3v) is 6.87. The van der Waals surface area contributed by atoms with E-state index in [9.17, 15) is 13.6 Å². The molecule has 7 nitrogen and oxygen atoms in total. The summed E-state index contributed by atoms with van der Waals surface area (Å²) in [6, 6.07) is 29.3. The highest BCUT2D eigenvalue weighted by Crippen LogP contribution is 2.42. The topological polar surface area (TPSA) is 92.2 Å². The van der Waals surface area contributed by atoms with Crippen LogP contribution in [0, 0.1) is 11.6 Å². The van der Waals surface area contributed by atoms with Gasteiger partial charge in [0.25, 0.3) is 5.91 Å². The largest absolute Gasteiger partial charge is 0.494 e. The maximum absolute atomic E-state index is 14.1. The van der Waals surface area contributed by atoms with E-state index in [0.717, 1.165) is 17.2 Å². The number of aliphatic hydroxyl groups excluding tert-OH is 1. The van der Waals surface area contributed by atoms with Crippen LogP contribution in [-0.4, -0.2) is 35.7 Å². The van der Waals surface area contributed by atoms with Crippen LogP contribution in [0.2, 0.25) is 0 Å². The molecule has 1 amide bonds. The van der Waals surface area contributed by atoms with Crippen LogP contribution in [0.15, 0.2) is 108 Å². The third kappa shape index (κ3) is 6.82. The van der Waals surface area contributed by atoms with Crippen LogP contribution in [0.25, 0.3) is 0 Å². The smallest absolute Gasteiger partial charge is 0.266 e. The Balaban J connectivity index is 1.48. The number of carbonyl (C=O) groups excluding carboxylic acids is 1. The quantitative estimate of drug-likeness (QED) is 0.164. The minimum Gasteiger partial charge on any atom is -0.494 e. The number of halogens is 2. The lowest BCUT2D eigenvalue weighted by atomic mass is 9.82. The highest BCUT2D eigenvalue weighted by atomic mass is 19.1. The molecule has 4 aromatic carbocycles. The van der Waals surface area contributed by atoms with Crippen LogP contribution in [0.1, 0.15) is 34.8 Å². The summed E-state index contributed by atoms with van der Waals surface area (Å²) >= 11 is 0. The van der Waals surface area contributed by atoms with Crippen molar-refractivity contribution in [3.05, 3.63) is 137 Å². The van der Waals surface area contributed by atoms with E-state index in [4.69, 9.17) is 19.6 Å². The summed E-state index contributed by atoms with van der Waals surface area (Å²) in [4.78, 5) is 19.1. The molecule has 1 aliphatic heterocycles. The molecular weight excluding hydrogens is 540 g/mol. The molecule has 216 valence electrons. The van der Waals surface area contributed by atoms with Gasteiger partial charge < -0.3 is 14.6 Å². The summed E-state index contributed by atoms with van der Waals surface area (Å²) in [5, 5.41) is 9.00. The van der Waals surface area contributed by atoms with Crippen LogP contribution in [-0.2, 0) is 22.5 Å². The zero-order valence-corrected chi connectivity index (χ0v) is 22.8. The molecule has 0 radical (unpaired) electrons. The number of hydrogen-bond donors (Lipinski definition) is 3. The fourth-order valence-electron chi connectivity index (χ4n) is 4.86. The number of rotatable bonds is 12. The van der Waals surface area contributed by atoms with Gasteiger partial charge in [-0.3, -0.25) is 10.2 Å². The van der Waals surface area contributed by atoms with Gasteiger partial charge in [-0.15, -0.1) is 0 Å². The Morgan fingerprint density at radius 3 is 2.24 bits per heavy atom. The molecule has 9 heteroatoms. The maximum atomic E-state index is 14.1. The Bertz CT molecular complexity index is 1500. The Morgan fingerprint density at radius 2 is 1.57 bits per heavy atom. The summed E-state index contributed by atoms with van der Waals surface area (Å²) in [6.45, 7) is 0.426. The summed E-state index contributed by atoms with van der Waals surface area (Å²) in [7, 11) is 0.